The summed E-state index contributed by atoms with van der Waals surface area (Å²) in [7, 11) is 0. The summed E-state index contributed by atoms with van der Waals surface area (Å²) in [5, 5.41) is 0. The van der Waals surface area contributed by atoms with Crippen LogP contribution in [0.25, 0.3) is 0 Å². The van der Waals surface area contributed by atoms with Crippen LogP contribution in [0.4, 0.5) is 10.1 Å². The molecule has 0 spiro atoms. The first-order valence-electron chi connectivity index (χ1n) is 5.08. The maximum Gasteiger partial charge on any atom is 0.123 e. The van der Waals surface area contributed by atoms with Crippen molar-refractivity contribution in [2.24, 2.45) is 0 Å². The molecule has 0 atom stereocenters. The van der Waals surface area contributed by atoms with Gasteiger partial charge in [0.15, 0.2) is 0 Å². The number of halogens is 2. The fraction of sp³-hybridized carbons (Fsp3) is 0.0769. The number of nitrogens with two attached hydrogens (primary N) is 1. The van der Waals surface area contributed by atoms with Gasteiger partial charge in [-0.05, 0) is 46.3 Å². The monoisotopic (exact) mass is 295 g/mol. The van der Waals surface area contributed by atoms with Crippen molar-refractivity contribution in [1.82, 2.24) is 0 Å². The van der Waals surface area contributed by atoms with E-state index >= 15 is 0 Å². The molecule has 0 radical (unpaired) electrons. The Labute approximate surface area is 107 Å². The van der Waals surface area contributed by atoms with Crippen LogP contribution in [0.2, 0.25) is 0 Å². The second-order valence-corrected chi connectivity index (χ2v) is 4.36. The topological polar surface area (TPSA) is 35.2 Å². The summed E-state index contributed by atoms with van der Waals surface area (Å²) in [4.78, 5) is 0. The van der Waals surface area contributed by atoms with Crippen molar-refractivity contribution in [1.29, 1.82) is 0 Å². The minimum absolute atomic E-state index is 0.275. The predicted octanol–water partition coefficient (Wildman–Crippen LogP) is 3.75. The van der Waals surface area contributed by atoms with E-state index < -0.39 is 0 Å². The molecule has 2 aromatic rings. The molecule has 4 heteroatoms. The largest absolute Gasteiger partial charge is 0.489 e. The molecule has 17 heavy (non-hydrogen) atoms. The molecule has 88 valence electrons. The molecule has 0 saturated heterocycles. The molecule has 2 aromatic carbocycles. The van der Waals surface area contributed by atoms with Gasteiger partial charge in [0.2, 0.25) is 0 Å². The van der Waals surface area contributed by atoms with Crippen molar-refractivity contribution >= 4 is 21.6 Å². The number of rotatable bonds is 3. The molecule has 0 bridgehead atoms. The molecule has 0 aliphatic heterocycles. The summed E-state index contributed by atoms with van der Waals surface area (Å²) < 4.78 is 19.1. The number of hydrogen-bond donors (Lipinski definition) is 1. The summed E-state index contributed by atoms with van der Waals surface area (Å²) in [5.74, 6) is 0.350. The minimum atomic E-state index is -0.275. The molecular formula is C13H11BrFNO. The van der Waals surface area contributed by atoms with E-state index in [9.17, 15) is 4.39 Å². The van der Waals surface area contributed by atoms with Crippen LogP contribution in [-0.4, -0.2) is 0 Å². The lowest BCUT2D eigenvalue weighted by atomic mass is 10.2. The number of anilines is 1. The Bertz CT molecular complexity index is 513. The fourth-order valence-corrected chi connectivity index (χ4v) is 1.78. The van der Waals surface area contributed by atoms with Gasteiger partial charge in [0.25, 0.3) is 0 Å². The zero-order valence-corrected chi connectivity index (χ0v) is 10.6. The van der Waals surface area contributed by atoms with Gasteiger partial charge in [0.05, 0.1) is 0 Å². The SMILES string of the molecule is Nc1cccc(COc2ccc(F)cc2)c1Br. The van der Waals surface area contributed by atoms with Gasteiger partial charge < -0.3 is 10.5 Å². The minimum Gasteiger partial charge on any atom is -0.489 e. The Morgan fingerprint density at radius 3 is 2.53 bits per heavy atom. The third kappa shape index (κ3) is 2.97. The van der Waals surface area contributed by atoms with E-state index in [0.29, 0.717) is 18.0 Å². The average molecular weight is 296 g/mol. The molecular weight excluding hydrogens is 285 g/mol. The zero-order valence-electron chi connectivity index (χ0n) is 8.99. The standard InChI is InChI=1S/C13H11BrFNO/c14-13-9(2-1-3-12(13)16)8-17-11-6-4-10(15)5-7-11/h1-7H,8,16H2. The third-order valence-electron chi connectivity index (χ3n) is 2.32. The van der Waals surface area contributed by atoms with Crippen molar-refractivity contribution in [2.75, 3.05) is 5.73 Å². The Balaban J connectivity index is 2.07. The van der Waals surface area contributed by atoms with Gasteiger partial charge >= 0.3 is 0 Å². The third-order valence-corrected chi connectivity index (χ3v) is 3.28. The van der Waals surface area contributed by atoms with Crippen LogP contribution in [-0.2, 0) is 6.61 Å². The Morgan fingerprint density at radius 2 is 1.82 bits per heavy atom. The molecule has 2 nitrogen and oxygen atoms in total. The second-order valence-electron chi connectivity index (χ2n) is 3.56. The zero-order chi connectivity index (χ0) is 12.3. The quantitative estimate of drug-likeness (QED) is 0.875. The molecule has 0 aliphatic carbocycles. The van der Waals surface area contributed by atoms with E-state index in [1.807, 2.05) is 18.2 Å². The van der Waals surface area contributed by atoms with E-state index in [0.717, 1.165) is 10.0 Å². The molecule has 2 rings (SSSR count). The van der Waals surface area contributed by atoms with E-state index in [-0.39, 0.29) is 5.82 Å². The highest BCUT2D eigenvalue weighted by Crippen LogP contribution is 2.25. The molecule has 0 aliphatic rings. The van der Waals surface area contributed by atoms with Crippen LogP contribution in [0.3, 0.4) is 0 Å². The first kappa shape index (κ1) is 11.9. The van der Waals surface area contributed by atoms with Gasteiger partial charge in [-0.15, -0.1) is 0 Å². The van der Waals surface area contributed by atoms with Crippen LogP contribution >= 0.6 is 15.9 Å². The van der Waals surface area contributed by atoms with Crippen molar-refractivity contribution in [3.8, 4) is 5.75 Å². The number of benzene rings is 2. The summed E-state index contributed by atoms with van der Waals surface area (Å²) in [6.07, 6.45) is 0. The second kappa shape index (κ2) is 5.19. The van der Waals surface area contributed by atoms with E-state index in [2.05, 4.69) is 15.9 Å². The molecule has 0 unspecified atom stereocenters. The lowest BCUT2D eigenvalue weighted by molar-refractivity contribution is 0.305. The number of nitrogen functional groups attached to an aromatic ring is 1. The number of hydrogen-bond acceptors (Lipinski definition) is 2. The highest BCUT2D eigenvalue weighted by atomic mass is 79.9. The first-order chi connectivity index (χ1) is 8.16. The van der Waals surface area contributed by atoms with Crippen LogP contribution in [0.1, 0.15) is 5.56 Å². The van der Waals surface area contributed by atoms with E-state index in [1.54, 1.807) is 12.1 Å². The van der Waals surface area contributed by atoms with Crippen LogP contribution in [0, 0.1) is 5.82 Å². The fourth-order valence-electron chi connectivity index (χ4n) is 1.40. The Morgan fingerprint density at radius 1 is 1.12 bits per heavy atom. The summed E-state index contributed by atoms with van der Waals surface area (Å²) in [6, 6.07) is 11.5. The summed E-state index contributed by atoms with van der Waals surface area (Å²) in [5.41, 5.74) is 7.38. The maximum atomic E-state index is 12.7. The molecule has 0 heterocycles. The highest BCUT2D eigenvalue weighted by molar-refractivity contribution is 9.10. The van der Waals surface area contributed by atoms with Crippen LogP contribution in [0.15, 0.2) is 46.9 Å². The Hall–Kier alpha value is -1.55. The van der Waals surface area contributed by atoms with Crippen LogP contribution < -0.4 is 10.5 Å². The maximum absolute atomic E-state index is 12.7. The molecule has 0 saturated carbocycles. The molecule has 0 aromatic heterocycles. The van der Waals surface area contributed by atoms with Crippen molar-refractivity contribution in [3.05, 3.63) is 58.3 Å². The summed E-state index contributed by atoms with van der Waals surface area (Å²) >= 11 is 3.40. The van der Waals surface area contributed by atoms with Crippen molar-refractivity contribution in [3.63, 3.8) is 0 Å². The Kier molecular flexibility index (Phi) is 3.64. The van der Waals surface area contributed by atoms with Gasteiger partial charge in [0, 0.05) is 15.7 Å². The lowest BCUT2D eigenvalue weighted by Gasteiger charge is -2.09. The van der Waals surface area contributed by atoms with E-state index in [4.69, 9.17) is 10.5 Å². The molecule has 2 N–H and O–H groups in total. The molecule has 0 amide bonds. The number of ether oxygens (including phenoxy) is 1. The first-order valence-corrected chi connectivity index (χ1v) is 5.87. The van der Waals surface area contributed by atoms with Crippen molar-refractivity contribution < 1.29 is 9.13 Å². The van der Waals surface area contributed by atoms with Gasteiger partial charge in [-0.3, -0.25) is 0 Å². The smallest absolute Gasteiger partial charge is 0.123 e. The summed E-state index contributed by atoms with van der Waals surface area (Å²) in [6.45, 7) is 0.386. The van der Waals surface area contributed by atoms with Gasteiger partial charge in [-0.1, -0.05) is 12.1 Å². The van der Waals surface area contributed by atoms with Gasteiger partial charge in [-0.25, -0.2) is 4.39 Å². The molecule has 0 fully saturated rings. The lowest BCUT2D eigenvalue weighted by Crippen LogP contribution is -1.98. The van der Waals surface area contributed by atoms with Gasteiger partial charge in [-0.2, -0.15) is 0 Å². The van der Waals surface area contributed by atoms with E-state index in [1.165, 1.54) is 12.1 Å². The predicted molar refractivity (Wildman–Crippen MR) is 69.3 cm³/mol. The normalized spacial score (nSPS) is 10.2. The highest BCUT2D eigenvalue weighted by Gasteiger charge is 2.03. The van der Waals surface area contributed by atoms with Gasteiger partial charge in [0.1, 0.15) is 18.2 Å². The van der Waals surface area contributed by atoms with Crippen LogP contribution in [0.5, 0.6) is 5.75 Å². The average Bonchev–Trinajstić information content (AvgIpc) is 2.33. The van der Waals surface area contributed by atoms with Crippen molar-refractivity contribution in [2.45, 2.75) is 6.61 Å².